The lowest BCUT2D eigenvalue weighted by Crippen LogP contribution is -2.45. The molecule has 12 heteroatoms. The minimum absolute atomic E-state index is 0.0362. The Kier molecular flexibility index (Phi) is 7.44. The number of hydrogen-bond acceptors (Lipinski definition) is 6. The van der Waals surface area contributed by atoms with Crippen molar-refractivity contribution < 1.29 is 13.2 Å². The smallest absolute Gasteiger partial charge is 0.244 e. The predicted octanol–water partition coefficient (Wildman–Crippen LogP) is 2.73. The van der Waals surface area contributed by atoms with Gasteiger partial charge < -0.3 is 5.32 Å². The van der Waals surface area contributed by atoms with Crippen LogP contribution in [0.25, 0.3) is 0 Å². The summed E-state index contributed by atoms with van der Waals surface area (Å²) in [7, 11) is -3.83. The summed E-state index contributed by atoms with van der Waals surface area (Å²) in [4.78, 5) is 16.7. The molecule has 0 aliphatic carbocycles. The summed E-state index contributed by atoms with van der Waals surface area (Å²) in [6.45, 7) is 2.72. The molecule has 1 unspecified atom stereocenters. The molecule has 0 radical (unpaired) electrons. The first-order chi connectivity index (χ1) is 13.8. The van der Waals surface area contributed by atoms with Gasteiger partial charge in [-0.2, -0.15) is 4.31 Å². The van der Waals surface area contributed by atoms with Gasteiger partial charge in [0.2, 0.25) is 21.1 Å². The molecule has 158 valence electrons. The number of thioether (sulfide) groups is 1. The third-order valence-electron chi connectivity index (χ3n) is 4.48. The van der Waals surface area contributed by atoms with E-state index in [0.29, 0.717) is 41.9 Å². The van der Waals surface area contributed by atoms with Crippen molar-refractivity contribution in [2.45, 2.75) is 29.8 Å². The van der Waals surface area contributed by atoms with E-state index in [1.807, 2.05) is 6.92 Å². The first-order valence-corrected chi connectivity index (χ1v) is 12.2. The van der Waals surface area contributed by atoms with Gasteiger partial charge in [-0.3, -0.25) is 9.89 Å². The van der Waals surface area contributed by atoms with E-state index in [4.69, 9.17) is 23.2 Å². The molecule has 2 N–H and O–H groups in total. The first-order valence-electron chi connectivity index (χ1n) is 9.02. The normalized spacial score (nSPS) is 18.0. The van der Waals surface area contributed by atoms with Crippen molar-refractivity contribution in [3.05, 3.63) is 34.1 Å². The lowest BCUT2D eigenvalue weighted by atomic mass is 9.99. The van der Waals surface area contributed by atoms with Gasteiger partial charge >= 0.3 is 0 Å². The van der Waals surface area contributed by atoms with Gasteiger partial charge in [-0.25, -0.2) is 13.4 Å². The molecule has 0 bridgehead atoms. The minimum Gasteiger partial charge on any atom is -0.355 e. The molecule has 2 heterocycles. The second-order valence-corrected chi connectivity index (χ2v) is 10.4. The standard InChI is InChI=1S/C17H21Cl2N5O3S2/c1-11-21-17(23-22-11)28-8-6-20-16(25)12-3-2-7-24(10-12)29(26,27)15-9-13(18)4-5-14(15)19/h4-5,9,12H,2-3,6-8,10H2,1H3,(H,20,25)(H,21,22,23). The maximum absolute atomic E-state index is 13.0. The SMILES string of the molecule is Cc1nc(SCCNC(=O)C2CCCN(S(=O)(=O)c3cc(Cl)ccc3Cl)C2)n[nH]1. The number of hydrogen-bond donors (Lipinski definition) is 2. The summed E-state index contributed by atoms with van der Waals surface area (Å²) in [6.07, 6.45) is 1.23. The second-order valence-electron chi connectivity index (χ2n) is 6.62. The van der Waals surface area contributed by atoms with Crippen LogP contribution in [0.4, 0.5) is 0 Å². The number of sulfonamides is 1. The maximum atomic E-state index is 13.0. The summed E-state index contributed by atoms with van der Waals surface area (Å²) in [5.41, 5.74) is 0. The molecule has 1 aliphatic heterocycles. The Hall–Kier alpha value is -1.33. The van der Waals surface area contributed by atoms with Gasteiger partial charge in [-0.05, 0) is 38.0 Å². The zero-order valence-electron chi connectivity index (χ0n) is 15.7. The number of H-pyrrole nitrogens is 1. The van der Waals surface area contributed by atoms with E-state index in [2.05, 4.69) is 20.5 Å². The lowest BCUT2D eigenvalue weighted by molar-refractivity contribution is -0.125. The van der Waals surface area contributed by atoms with Gasteiger partial charge in [0, 0.05) is 30.4 Å². The minimum atomic E-state index is -3.83. The Bertz CT molecular complexity index is 983. The summed E-state index contributed by atoms with van der Waals surface area (Å²) in [5, 5.41) is 10.7. The molecule has 0 saturated carbocycles. The largest absolute Gasteiger partial charge is 0.355 e. The second kappa shape index (κ2) is 9.65. The average molecular weight is 478 g/mol. The van der Waals surface area contributed by atoms with Crippen molar-refractivity contribution in [1.29, 1.82) is 0 Å². The number of rotatable bonds is 7. The number of benzene rings is 1. The molecule has 0 spiro atoms. The number of aromatic amines is 1. The molecule has 29 heavy (non-hydrogen) atoms. The lowest BCUT2D eigenvalue weighted by Gasteiger charge is -2.31. The molecule has 1 aromatic heterocycles. The van der Waals surface area contributed by atoms with E-state index in [1.165, 1.54) is 34.3 Å². The number of nitrogens with zero attached hydrogens (tertiary/aromatic N) is 3. The zero-order chi connectivity index (χ0) is 21.0. The topological polar surface area (TPSA) is 108 Å². The van der Waals surface area contributed by atoms with E-state index < -0.39 is 15.9 Å². The number of halogens is 2. The molecule has 2 aromatic rings. The molecule has 1 fully saturated rings. The van der Waals surface area contributed by atoms with Gasteiger partial charge in [0.1, 0.15) is 10.7 Å². The fraction of sp³-hybridized carbons (Fsp3) is 0.471. The van der Waals surface area contributed by atoms with E-state index in [-0.39, 0.29) is 22.4 Å². The Balaban J connectivity index is 1.56. The molecule has 3 rings (SSSR count). The van der Waals surface area contributed by atoms with Crippen molar-refractivity contribution in [3.63, 3.8) is 0 Å². The third kappa shape index (κ3) is 5.64. The van der Waals surface area contributed by atoms with Crippen molar-refractivity contribution in [2.24, 2.45) is 5.92 Å². The predicted molar refractivity (Wildman–Crippen MR) is 113 cm³/mol. The number of piperidine rings is 1. The number of carbonyl (C=O) groups excluding carboxylic acids is 1. The third-order valence-corrected chi connectivity index (χ3v) is 7.91. The number of carbonyl (C=O) groups is 1. The van der Waals surface area contributed by atoms with E-state index in [1.54, 1.807) is 0 Å². The Morgan fingerprint density at radius 2 is 2.21 bits per heavy atom. The number of aromatic nitrogens is 3. The fourth-order valence-electron chi connectivity index (χ4n) is 3.04. The Morgan fingerprint density at radius 1 is 1.41 bits per heavy atom. The number of aryl methyl sites for hydroxylation is 1. The Labute approximate surface area is 183 Å². The van der Waals surface area contributed by atoms with Gasteiger partial charge in [-0.1, -0.05) is 35.0 Å². The highest BCUT2D eigenvalue weighted by Crippen LogP contribution is 2.30. The number of nitrogens with one attached hydrogen (secondary N) is 2. The van der Waals surface area contributed by atoms with E-state index in [0.717, 1.165) is 5.82 Å². The van der Waals surface area contributed by atoms with Crippen LogP contribution in [0.5, 0.6) is 0 Å². The highest BCUT2D eigenvalue weighted by Gasteiger charge is 2.34. The van der Waals surface area contributed by atoms with Gasteiger partial charge in [-0.15, -0.1) is 5.10 Å². The molecular weight excluding hydrogens is 457 g/mol. The van der Waals surface area contributed by atoms with Crippen LogP contribution in [0.2, 0.25) is 10.0 Å². The quantitative estimate of drug-likeness (QED) is 0.468. The monoisotopic (exact) mass is 477 g/mol. The molecule has 1 aliphatic rings. The molecule has 1 atom stereocenters. The van der Waals surface area contributed by atoms with E-state index in [9.17, 15) is 13.2 Å². The first kappa shape index (κ1) is 22.4. The molecule has 1 aromatic carbocycles. The average Bonchev–Trinajstić information content (AvgIpc) is 3.12. The van der Waals surface area contributed by atoms with Gasteiger partial charge in [0.25, 0.3) is 0 Å². The van der Waals surface area contributed by atoms with Crippen LogP contribution in [0, 0.1) is 12.8 Å². The highest BCUT2D eigenvalue weighted by molar-refractivity contribution is 7.99. The van der Waals surface area contributed by atoms with E-state index >= 15 is 0 Å². The summed E-state index contributed by atoms with van der Waals surface area (Å²) < 4.78 is 27.3. The van der Waals surface area contributed by atoms with Crippen LogP contribution in [-0.4, -0.2) is 59.2 Å². The highest BCUT2D eigenvalue weighted by atomic mass is 35.5. The molecule has 1 saturated heterocycles. The van der Waals surface area contributed by atoms with Gasteiger partial charge in [0.15, 0.2) is 0 Å². The summed E-state index contributed by atoms with van der Waals surface area (Å²) in [6, 6.07) is 4.33. The summed E-state index contributed by atoms with van der Waals surface area (Å²) >= 11 is 13.4. The van der Waals surface area contributed by atoms with Crippen molar-refractivity contribution in [2.75, 3.05) is 25.4 Å². The molecular formula is C17H21Cl2N5O3S2. The van der Waals surface area contributed by atoms with Crippen molar-refractivity contribution in [3.8, 4) is 0 Å². The van der Waals surface area contributed by atoms with Crippen LogP contribution in [-0.2, 0) is 14.8 Å². The fourth-order valence-corrected chi connectivity index (χ4v) is 6.00. The van der Waals surface area contributed by atoms with Crippen LogP contribution in [0.1, 0.15) is 18.7 Å². The molecule has 1 amide bonds. The number of amides is 1. The zero-order valence-corrected chi connectivity index (χ0v) is 18.8. The van der Waals surface area contributed by atoms with Crippen molar-refractivity contribution >= 4 is 50.9 Å². The Morgan fingerprint density at radius 3 is 2.93 bits per heavy atom. The summed E-state index contributed by atoms with van der Waals surface area (Å²) in [5.74, 6) is 0.788. The van der Waals surface area contributed by atoms with Crippen LogP contribution in [0.15, 0.2) is 28.3 Å². The van der Waals surface area contributed by atoms with Crippen molar-refractivity contribution in [1.82, 2.24) is 24.8 Å². The maximum Gasteiger partial charge on any atom is 0.244 e. The van der Waals surface area contributed by atoms with Crippen LogP contribution >= 0.6 is 35.0 Å². The van der Waals surface area contributed by atoms with Crippen LogP contribution < -0.4 is 5.32 Å². The molecule has 8 nitrogen and oxygen atoms in total. The van der Waals surface area contributed by atoms with Crippen LogP contribution in [0.3, 0.4) is 0 Å². The van der Waals surface area contributed by atoms with Gasteiger partial charge in [0.05, 0.1) is 10.9 Å².